The SMILES string of the molecule is COCOc1cc(OCOC)c(C(C)(C)C)cc1C(=O)O. The molecule has 0 heterocycles. The van der Waals surface area contributed by atoms with Gasteiger partial charge in [-0.2, -0.15) is 0 Å². The van der Waals surface area contributed by atoms with Gasteiger partial charge >= 0.3 is 5.97 Å². The molecule has 21 heavy (non-hydrogen) atoms. The zero-order valence-electron chi connectivity index (χ0n) is 13.1. The lowest BCUT2D eigenvalue weighted by molar-refractivity contribution is 0.0438. The van der Waals surface area contributed by atoms with Crippen LogP contribution in [0.15, 0.2) is 12.1 Å². The fraction of sp³-hybridized carbons (Fsp3) is 0.533. The summed E-state index contributed by atoms with van der Waals surface area (Å²) in [7, 11) is 2.98. The van der Waals surface area contributed by atoms with Crippen LogP contribution < -0.4 is 9.47 Å². The molecule has 0 aromatic heterocycles. The predicted octanol–water partition coefficient (Wildman–Crippen LogP) is 2.65. The van der Waals surface area contributed by atoms with E-state index in [9.17, 15) is 9.90 Å². The van der Waals surface area contributed by atoms with Gasteiger partial charge in [-0.1, -0.05) is 20.8 Å². The Balaban J connectivity index is 3.34. The van der Waals surface area contributed by atoms with Crippen LogP contribution in [0.5, 0.6) is 11.5 Å². The molecule has 0 bridgehead atoms. The number of ether oxygens (including phenoxy) is 4. The van der Waals surface area contributed by atoms with E-state index in [-0.39, 0.29) is 30.3 Å². The predicted molar refractivity (Wildman–Crippen MR) is 77.1 cm³/mol. The van der Waals surface area contributed by atoms with Crippen LogP contribution in [-0.2, 0) is 14.9 Å². The van der Waals surface area contributed by atoms with E-state index in [1.165, 1.54) is 14.2 Å². The molecule has 0 spiro atoms. The van der Waals surface area contributed by atoms with Crippen LogP contribution in [-0.4, -0.2) is 38.9 Å². The molecule has 6 nitrogen and oxygen atoms in total. The third-order valence-electron chi connectivity index (χ3n) is 2.78. The third kappa shape index (κ3) is 4.61. The molecular weight excluding hydrogens is 276 g/mol. The summed E-state index contributed by atoms with van der Waals surface area (Å²) in [6.07, 6.45) is 0. The molecule has 0 radical (unpaired) electrons. The quantitative estimate of drug-likeness (QED) is 0.780. The number of hydrogen-bond donors (Lipinski definition) is 1. The molecule has 118 valence electrons. The van der Waals surface area contributed by atoms with E-state index in [1.807, 2.05) is 20.8 Å². The smallest absolute Gasteiger partial charge is 0.339 e. The summed E-state index contributed by atoms with van der Waals surface area (Å²) in [4.78, 5) is 11.4. The highest BCUT2D eigenvalue weighted by molar-refractivity contribution is 5.91. The van der Waals surface area contributed by atoms with Gasteiger partial charge in [0.15, 0.2) is 13.6 Å². The summed E-state index contributed by atoms with van der Waals surface area (Å²) in [5.74, 6) is -0.339. The van der Waals surface area contributed by atoms with E-state index < -0.39 is 5.97 Å². The van der Waals surface area contributed by atoms with Crippen LogP contribution >= 0.6 is 0 Å². The number of carboxylic acids is 1. The number of carboxylic acid groups (broad SMARTS) is 1. The summed E-state index contributed by atoms with van der Waals surface area (Å²) in [5.41, 5.74) is 0.552. The maximum atomic E-state index is 11.4. The van der Waals surface area contributed by atoms with Crippen LogP contribution in [0.3, 0.4) is 0 Å². The molecule has 0 saturated heterocycles. The first-order valence-corrected chi connectivity index (χ1v) is 6.46. The van der Waals surface area contributed by atoms with Gasteiger partial charge < -0.3 is 24.1 Å². The van der Waals surface area contributed by atoms with Crippen LogP contribution in [0.1, 0.15) is 36.7 Å². The van der Waals surface area contributed by atoms with Crippen LogP contribution in [0.25, 0.3) is 0 Å². The molecule has 0 atom stereocenters. The molecule has 0 aliphatic rings. The van der Waals surface area contributed by atoms with E-state index in [2.05, 4.69) is 0 Å². The van der Waals surface area contributed by atoms with Gasteiger partial charge in [0.25, 0.3) is 0 Å². The van der Waals surface area contributed by atoms with Crippen molar-refractivity contribution in [2.24, 2.45) is 0 Å². The van der Waals surface area contributed by atoms with E-state index >= 15 is 0 Å². The molecule has 0 unspecified atom stereocenters. The Labute approximate surface area is 124 Å². The van der Waals surface area contributed by atoms with Gasteiger partial charge in [0.05, 0.1) is 0 Å². The number of carbonyl (C=O) groups is 1. The molecule has 1 aromatic carbocycles. The summed E-state index contributed by atoms with van der Waals surface area (Å²) in [6.45, 7) is 5.95. The Morgan fingerprint density at radius 1 is 1.05 bits per heavy atom. The fourth-order valence-electron chi connectivity index (χ4n) is 1.80. The monoisotopic (exact) mass is 298 g/mol. The number of methoxy groups -OCH3 is 2. The van der Waals surface area contributed by atoms with Gasteiger partial charge in [-0.3, -0.25) is 0 Å². The molecule has 0 aliphatic carbocycles. The number of hydrogen-bond acceptors (Lipinski definition) is 5. The second kappa shape index (κ2) is 7.28. The molecular formula is C15H22O6. The standard InChI is InChI=1S/C15H22O6/c1-15(2,3)11-6-10(14(16)17)12(20-8-18-4)7-13(11)21-9-19-5/h6-7H,8-9H2,1-5H3,(H,16,17). The van der Waals surface area contributed by atoms with Gasteiger partial charge in [0, 0.05) is 25.8 Å². The maximum Gasteiger partial charge on any atom is 0.339 e. The Morgan fingerprint density at radius 3 is 2.00 bits per heavy atom. The average molecular weight is 298 g/mol. The van der Waals surface area contributed by atoms with Gasteiger partial charge in [0.1, 0.15) is 17.1 Å². The number of aromatic carboxylic acids is 1. The first-order valence-electron chi connectivity index (χ1n) is 6.46. The molecule has 0 fully saturated rings. The minimum absolute atomic E-state index is 0.0428. The molecule has 0 aliphatic heterocycles. The van der Waals surface area contributed by atoms with Crippen molar-refractivity contribution in [3.63, 3.8) is 0 Å². The fourth-order valence-corrected chi connectivity index (χ4v) is 1.80. The minimum Gasteiger partial charge on any atom is -0.478 e. The van der Waals surface area contributed by atoms with E-state index in [0.29, 0.717) is 5.75 Å². The van der Waals surface area contributed by atoms with Crippen LogP contribution in [0.2, 0.25) is 0 Å². The van der Waals surface area contributed by atoms with Gasteiger partial charge in [-0.25, -0.2) is 4.79 Å². The summed E-state index contributed by atoms with van der Waals surface area (Å²) in [5, 5.41) is 9.34. The van der Waals surface area contributed by atoms with Crippen molar-refractivity contribution in [1.29, 1.82) is 0 Å². The van der Waals surface area contributed by atoms with E-state index in [4.69, 9.17) is 18.9 Å². The van der Waals surface area contributed by atoms with Crippen molar-refractivity contribution in [1.82, 2.24) is 0 Å². The van der Waals surface area contributed by atoms with Gasteiger partial charge in [0.2, 0.25) is 0 Å². The number of benzene rings is 1. The normalized spacial score (nSPS) is 11.3. The second-order valence-corrected chi connectivity index (χ2v) is 5.50. The maximum absolute atomic E-state index is 11.4. The first-order chi connectivity index (χ1) is 9.81. The third-order valence-corrected chi connectivity index (χ3v) is 2.78. The Bertz CT molecular complexity index is 490. The first kappa shape index (κ1) is 17.3. The molecule has 1 rings (SSSR count). The van der Waals surface area contributed by atoms with Crippen LogP contribution in [0.4, 0.5) is 0 Å². The lowest BCUT2D eigenvalue weighted by Gasteiger charge is -2.24. The van der Waals surface area contributed by atoms with Crippen molar-refractivity contribution in [2.75, 3.05) is 27.8 Å². The zero-order chi connectivity index (χ0) is 16.0. The highest BCUT2D eigenvalue weighted by atomic mass is 16.7. The second-order valence-electron chi connectivity index (χ2n) is 5.50. The van der Waals surface area contributed by atoms with Crippen molar-refractivity contribution >= 4 is 5.97 Å². The molecule has 0 saturated carbocycles. The van der Waals surface area contributed by atoms with E-state index in [1.54, 1.807) is 12.1 Å². The summed E-state index contributed by atoms with van der Waals surface area (Å²) >= 11 is 0. The van der Waals surface area contributed by atoms with Crippen molar-refractivity contribution < 1.29 is 28.8 Å². The lowest BCUT2D eigenvalue weighted by Crippen LogP contribution is -2.16. The van der Waals surface area contributed by atoms with Crippen LogP contribution in [0, 0.1) is 0 Å². The Hall–Kier alpha value is -1.79. The highest BCUT2D eigenvalue weighted by Gasteiger charge is 2.24. The Morgan fingerprint density at radius 2 is 1.57 bits per heavy atom. The summed E-state index contributed by atoms with van der Waals surface area (Å²) in [6, 6.07) is 3.13. The van der Waals surface area contributed by atoms with Crippen molar-refractivity contribution in [3.8, 4) is 11.5 Å². The molecule has 6 heteroatoms. The number of rotatable bonds is 7. The van der Waals surface area contributed by atoms with Gasteiger partial charge in [-0.05, 0) is 11.5 Å². The average Bonchev–Trinajstić information content (AvgIpc) is 2.40. The molecule has 1 N–H and O–H groups in total. The Kier molecular flexibility index (Phi) is 5.99. The largest absolute Gasteiger partial charge is 0.478 e. The zero-order valence-corrected chi connectivity index (χ0v) is 13.1. The molecule has 1 aromatic rings. The summed E-state index contributed by atoms with van der Waals surface area (Å²) < 4.78 is 20.6. The highest BCUT2D eigenvalue weighted by Crippen LogP contribution is 2.37. The van der Waals surface area contributed by atoms with Gasteiger partial charge in [-0.15, -0.1) is 0 Å². The van der Waals surface area contributed by atoms with Crippen molar-refractivity contribution in [2.45, 2.75) is 26.2 Å². The van der Waals surface area contributed by atoms with Crippen molar-refractivity contribution in [3.05, 3.63) is 23.3 Å². The lowest BCUT2D eigenvalue weighted by atomic mass is 9.85. The minimum atomic E-state index is -1.06. The molecule has 0 amide bonds. The van der Waals surface area contributed by atoms with E-state index in [0.717, 1.165) is 5.56 Å². The topological polar surface area (TPSA) is 74.2 Å².